The van der Waals surface area contributed by atoms with Crippen LogP contribution in [0.2, 0.25) is 0 Å². The smallest absolute Gasteiger partial charge is 0.256 e. The second kappa shape index (κ2) is 2.92. The predicted molar refractivity (Wildman–Crippen MR) is 55.9 cm³/mol. The van der Waals surface area contributed by atoms with Crippen LogP contribution >= 0.6 is 0 Å². The first-order valence-electron chi connectivity index (χ1n) is 4.81. The Kier molecular flexibility index (Phi) is 1.92. The van der Waals surface area contributed by atoms with Gasteiger partial charge in [0.2, 0.25) is 5.91 Å². The summed E-state index contributed by atoms with van der Waals surface area (Å²) in [6.45, 7) is 5.86. The normalized spacial score (nSPS) is 15.0. The zero-order valence-electron chi connectivity index (χ0n) is 8.97. The third-order valence-electron chi connectivity index (χ3n) is 2.32. The van der Waals surface area contributed by atoms with Crippen LogP contribution in [0.25, 0.3) is 0 Å². The summed E-state index contributed by atoms with van der Waals surface area (Å²) in [5.41, 5.74) is -0.0158. The van der Waals surface area contributed by atoms with Gasteiger partial charge in [-0.05, 0) is 0 Å². The van der Waals surface area contributed by atoms with Gasteiger partial charge in [0, 0.05) is 5.41 Å². The highest BCUT2D eigenvalue weighted by atomic mass is 16.2. The molecule has 2 N–H and O–H groups in total. The van der Waals surface area contributed by atoms with Gasteiger partial charge in [0.05, 0.1) is 12.0 Å². The van der Waals surface area contributed by atoms with Crippen LogP contribution in [0.3, 0.4) is 0 Å². The van der Waals surface area contributed by atoms with Crippen molar-refractivity contribution in [2.45, 2.75) is 32.6 Å². The minimum absolute atomic E-state index is 0.127. The second-order valence-electron chi connectivity index (χ2n) is 4.72. The molecule has 0 saturated heterocycles. The molecule has 0 aromatic carbocycles. The van der Waals surface area contributed by atoms with E-state index in [1.54, 1.807) is 0 Å². The van der Waals surface area contributed by atoms with E-state index in [1.807, 2.05) is 20.8 Å². The highest BCUT2D eigenvalue weighted by molar-refractivity contribution is 5.97. The van der Waals surface area contributed by atoms with Crippen LogP contribution in [0.4, 0.5) is 5.82 Å². The molecule has 80 valence electrons. The number of fused-ring (bicyclic) bond motifs is 1. The molecule has 0 radical (unpaired) electrons. The van der Waals surface area contributed by atoms with Gasteiger partial charge in [-0.1, -0.05) is 20.8 Å². The van der Waals surface area contributed by atoms with Crippen molar-refractivity contribution in [3.05, 3.63) is 21.7 Å². The van der Waals surface area contributed by atoms with E-state index in [0.717, 1.165) is 0 Å². The maximum Gasteiger partial charge on any atom is 0.256 e. The van der Waals surface area contributed by atoms with Crippen LogP contribution in [0.15, 0.2) is 4.79 Å². The number of rotatable bonds is 0. The lowest BCUT2D eigenvalue weighted by Gasteiger charge is -2.17. The largest absolute Gasteiger partial charge is 0.310 e. The van der Waals surface area contributed by atoms with Gasteiger partial charge < -0.3 is 10.3 Å². The lowest BCUT2D eigenvalue weighted by atomic mass is 9.95. The third kappa shape index (κ3) is 1.65. The van der Waals surface area contributed by atoms with Crippen LogP contribution in [0, 0.1) is 0 Å². The Balaban J connectivity index is 2.59. The van der Waals surface area contributed by atoms with Crippen molar-refractivity contribution in [2.75, 3.05) is 5.32 Å². The van der Waals surface area contributed by atoms with Crippen molar-refractivity contribution in [1.82, 2.24) is 9.97 Å². The van der Waals surface area contributed by atoms with E-state index in [2.05, 4.69) is 15.3 Å². The highest BCUT2D eigenvalue weighted by Gasteiger charge is 2.26. The summed E-state index contributed by atoms with van der Waals surface area (Å²) in [6.07, 6.45) is 0.127. The number of nitrogens with one attached hydrogen (secondary N) is 2. The van der Waals surface area contributed by atoms with E-state index in [4.69, 9.17) is 0 Å². The Morgan fingerprint density at radius 1 is 1.27 bits per heavy atom. The molecular formula is C10H13N3O2. The van der Waals surface area contributed by atoms with Crippen LogP contribution < -0.4 is 10.9 Å². The molecule has 1 aromatic heterocycles. The number of aromatic nitrogens is 2. The molecule has 0 spiro atoms. The quantitative estimate of drug-likeness (QED) is 0.652. The average molecular weight is 207 g/mol. The first-order valence-corrected chi connectivity index (χ1v) is 4.81. The van der Waals surface area contributed by atoms with Gasteiger partial charge in [-0.2, -0.15) is 0 Å². The average Bonchev–Trinajstić information content (AvgIpc) is 2.44. The minimum Gasteiger partial charge on any atom is -0.310 e. The fraction of sp³-hybridized carbons (Fsp3) is 0.500. The Morgan fingerprint density at radius 2 is 1.93 bits per heavy atom. The molecule has 15 heavy (non-hydrogen) atoms. The monoisotopic (exact) mass is 207 g/mol. The van der Waals surface area contributed by atoms with Crippen LogP contribution in [-0.4, -0.2) is 15.9 Å². The van der Waals surface area contributed by atoms with Crippen molar-refractivity contribution in [1.29, 1.82) is 0 Å². The van der Waals surface area contributed by atoms with Gasteiger partial charge in [0.1, 0.15) is 11.6 Å². The molecule has 1 aliphatic heterocycles. The molecule has 1 amide bonds. The van der Waals surface area contributed by atoms with Gasteiger partial charge in [0.15, 0.2) is 0 Å². The summed E-state index contributed by atoms with van der Waals surface area (Å²) in [5.74, 6) is 0.830. The van der Waals surface area contributed by atoms with Gasteiger partial charge in [-0.25, -0.2) is 4.98 Å². The topological polar surface area (TPSA) is 74.8 Å². The van der Waals surface area contributed by atoms with Gasteiger partial charge in [-0.3, -0.25) is 9.59 Å². The van der Waals surface area contributed by atoms with E-state index < -0.39 is 0 Å². The standard InChI is InChI=1S/C10H13N3O2/c1-10(2,3)9-12-7-5(8(15)13-9)4-6(14)11-7/h4H2,1-3H3,(H2,11,12,13,14,15). The number of hydrogen-bond acceptors (Lipinski definition) is 3. The number of carbonyl (C=O) groups is 1. The zero-order chi connectivity index (χ0) is 11.2. The number of H-pyrrole nitrogens is 1. The highest BCUT2D eigenvalue weighted by Crippen LogP contribution is 2.22. The van der Waals surface area contributed by atoms with E-state index >= 15 is 0 Å². The molecule has 1 aromatic rings. The van der Waals surface area contributed by atoms with E-state index in [9.17, 15) is 9.59 Å². The molecule has 0 bridgehead atoms. The zero-order valence-corrected chi connectivity index (χ0v) is 8.97. The second-order valence-corrected chi connectivity index (χ2v) is 4.72. The number of nitrogens with zero attached hydrogens (tertiary/aromatic N) is 1. The van der Waals surface area contributed by atoms with Gasteiger partial charge in [-0.15, -0.1) is 0 Å². The number of hydrogen-bond donors (Lipinski definition) is 2. The number of aromatic amines is 1. The molecule has 1 aliphatic rings. The van der Waals surface area contributed by atoms with E-state index in [1.165, 1.54) is 0 Å². The molecule has 2 rings (SSSR count). The Hall–Kier alpha value is -1.65. The first-order chi connectivity index (χ1) is 6.88. The molecule has 0 atom stereocenters. The molecule has 0 unspecified atom stereocenters. The van der Waals surface area contributed by atoms with Crippen LogP contribution in [0.5, 0.6) is 0 Å². The molecule has 5 heteroatoms. The van der Waals surface area contributed by atoms with Crippen molar-refractivity contribution >= 4 is 11.7 Å². The van der Waals surface area contributed by atoms with E-state index in [-0.39, 0.29) is 23.3 Å². The Labute approximate surface area is 86.9 Å². The van der Waals surface area contributed by atoms with Gasteiger partial charge >= 0.3 is 0 Å². The number of carbonyl (C=O) groups excluding carboxylic acids is 1. The summed E-state index contributed by atoms with van der Waals surface area (Å²) in [5, 5.41) is 2.58. The fourth-order valence-corrected chi connectivity index (χ4v) is 1.46. The summed E-state index contributed by atoms with van der Waals surface area (Å²) in [7, 11) is 0. The molecule has 0 saturated carbocycles. The molecule has 2 heterocycles. The van der Waals surface area contributed by atoms with Gasteiger partial charge in [0.25, 0.3) is 5.56 Å². The molecular weight excluding hydrogens is 194 g/mol. The predicted octanol–water partition coefficient (Wildman–Crippen LogP) is 0.562. The first kappa shape index (κ1) is 9.89. The van der Waals surface area contributed by atoms with Crippen LogP contribution in [-0.2, 0) is 16.6 Å². The number of anilines is 1. The summed E-state index contributed by atoms with van der Waals surface area (Å²) in [4.78, 5) is 29.7. The maximum absolute atomic E-state index is 11.6. The van der Waals surface area contributed by atoms with Crippen molar-refractivity contribution in [2.24, 2.45) is 0 Å². The van der Waals surface area contributed by atoms with Crippen molar-refractivity contribution in [3.8, 4) is 0 Å². The maximum atomic E-state index is 11.6. The van der Waals surface area contributed by atoms with Crippen LogP contribution in [0.1, 0.15) is 32.2 Å². The summed E-state index contributed by atoms with van der Waals surface area (Å²) < 4.78 is 0. The van der Waals surface area contributed by atoms with E-state index in [0.29, 0.717) is 17.2 Å². The molecule has 5 nitrogen and oxygen atoms in total. The van der Waals surface area contributed by atoms with Crippen molar-refractivity contribution in [3.63, 3.8) is 0 Å². The number of amides is 1. The van der Waals surface area contributed by atoms with Crippen molar-refractivity contribution < 1.29 is 4.79 Å². The Bertz CT molecular complexity index is 482. The molecule has 0 fully saturated rings. The lowest BCUT2D eigenvalue weighted by Crippen LogP contribution is -2.23. The Morgan fingerprint density at radius 3 is 2.53 bits per heavy atom. The fourth-order valence-electron chi connectivity index (χ4n) is 1.46. The minimum atomic E-state index is -0.235. The SMILES string of the molecule is CC(C)(C)c1nc2c(c(=O)[nH]1)CC(=O)N2. The molecule has 0 aliphatic carbocycles. The summed E-state index contributed by atoms with van der Waals surface area (Å²) in [6, 6.07) is 0. The summed E-state index contributed by atoms with van der Waals surface area (Å²) >= 11 is 0. The lowest BCUT2D eigenvalue weighted by molar-refractivity contribution is -0.115. The third-order valence-corrected chi connectivity index (χ3v) is 2.32.